The molecule has 2 aromatic rings. The minimum Gasteiger partial charge on any atom is -0.310 e. The van der Waals surface area contributed by atoms with Crippen molar-refractivity contribution in [3.8, 4) is 5.69 Å². The molecular weight excluding hydrogens is 330 g/mol. The van der Waals surface area contributed by atoms with Crippen LogP contribution in [0.25, 0.3) is 5.69 Å². The number of fused-ring (bicyclic) bond motifs is 1. The van der Waals surface area contributed by atoms with Crippen LogP contribution in [-0.2, 0) is 16.3 Å². The van der Waals surface area contributed by atoms with Crippen LogP contribution < -0.4 is 5.32 Å². The zero-order valence-corrected chi connectivity index (χ0v) is 15.6. The van der Waals surface area contributed by atoms with E-state index in [1.165, 1.54) is 43.2 Å². The molecule has 1 saturated carbocycles. The fraction of sp³-hybridized carbons (Fsp3) is 0.500. The van der Waals surface area contributed by atoms with Gasteiger partial charge in [0.25, 0.3) is 0 Å². The van der Waals surface area contributed by atoms with Crippen molar-refractivity contribution in [2.45, 2.75) is 57.0 Å². The van der Waals surface area contributed by atoms with E-state index >= 15 is 0 Å². The van der Waals surface area contributed by atoms with Gasteiger partial charge in [0.15, 0.2) is 0 Å². The Morgan fingerprint density at radius 2 is 1.96 bits per heavy atom. The van der Waals surface area contributed by atoms with Crippen molar-refractivity contribution >= 4 is 23.5 Å². The molecule has 25 heavy (non-hydrogen) atoms. The van der Waals surface area contributed by atoms with Gasteiger partial charge in [-0.2, -0.15) is 16.9 Å². The average Bonchev–Trinajstić information content (AvgIpc) is 3.19. The minimum atomic E-state index is 0.139. The predicted octanol–water partition coefficient (Wildman–Crippen LogP) is 4.84. The van der Waals surface area contributed by atoms with E-state index in [2.05, 4.69) is 36.5 Å². The fourth-order valence-corrected chi connectivity index (χ4v) is 4.89. The summed E-state index contributed by atoms with van der Waals surface area (Å²) in [5.41, 5.74) is 4.54. The second-order valence-electron chi connectivity index (χ2n) is 7.27. The first-order valence-electron chi connectivity index (χ1n) is 9.26. The molecule has 5 heteroatoms. The maximum Gasteiger partial charge on any atom is 0.225 e. The van der Waals surface area contributed by atoms with Crippen LogP contribution in [0.15, 0.2) is 24.3 Å². The molecule has 0 unspecified atom stereocenters. The first-order chi connectivity index (χ1) is 12.2. The number of benzene rings is 1. The number of hydrogen-bond donors (Lipinski definition) is 1. The van der Waals surface area contributed by atoms with Crippen LogP contribution in [0.4, 0.5) is 5.82 Å². The Labute approximate surface area is 153 Å². The van der Waals surface area contributed by atoms with Crippen molar-refractivity contribution in [3.63, 3.8) is 0 Å². The SMILES string of the molecule is Cc1ccc(-n2nc3c(c2NC(=O)CC2CCCCC2)CSC3)cc1. The lowest BCUT2D eigenvalue weighted by molar-refractivity contribution is -0.117. The number of anilines is 1. The Morgan fingerprint density at radius 1 is 1.20 bits per heavy atom. The predicted molar refractivity (Wildman–Crippen MR) is 103 cm³/mol. The van der Waals surface area contributed by atoms with E-state index in [0.717, 1.165) is 28.7 Å². The number of thioether (sulfide) groups is 1. The van der Waals surface area contributed by atoms with Gasteiger partial charge in [-0.25, -0.2) is 4.68 Å². The molecule has 4 rings (SSSR count). The third-order valence-electron chi connectivity index (χ3n) is 5.29. The van der Waals surface area contributed by atoms with Crippen molar-refractivity contribution in [2.24, 2.45) is 5.92 Å². The van der Waals surface area contributed by atoms with E-state index in [-0.39, 0.29) is 5.91 Å². The molecule has 0 atom stereocenters. The van der Waals surface area contributed by atoms with Gasteiger partial charge in [0.1, 0.15) is 5.82 Å². The first kappa shape index (κ1) is 16.7. The Kier molecular flexibility index (Phi) is 4.84. The summed E-state index contributed by atoms with van der Waals surface area (Å²) in [6, 6.07) is 8.32. The highest BCUT2D eigenvalue weighted by Gasteiger charge is 2.25. The maximum absolute atomic E-state index is 12.7. The third kappa shape index (κ3) is 3.61. The van der Waals surface area contributed by atoms with E-state index in [0.29, 0.717) is 12.3 Å². The summed E-state index contributed by atoms with van der Waals surface area (Å²) in [7, 11) is 0. The number of carbonyl (C=O) groups is 1. The number of carbonyl (C=O) groups excluding carboxylic acids is 1. The lowest BCUT2D eigenvalue weighted by Gasteiger charge is -2.21. The highest BCUT2D eigenvalue weighted by Crippen LogP contribution is 2.36. The minimum absolute atomic E-state index is 0.139. The van der Waals surface area contributed by atoms with Gasteiger partial charge in [-0.3, -0.25) is 4.79 Å². The summed E-state index contributed by atoms with van der Waals surface area (Å²) in [4.78, 5) is 12.7. The Hall–Kier alpha value is -1.75. The van der Waals surface area contributed by atoms with Crippen molar-refractivity contribution in [1.82, 2.24) is 9.78 Å². The number of nitrogens with one attached hydrogen (secondary N) is 1. The molecule has 1 aliphatic carbocycles. The van der Waals surface area contributed by atoms with Gasteiger partial charge < -0.3 is 5.32 Å². The van der Waals surface area contributed by atoms with Crippen molar-refractivity contribution in [3.05, 3.63) is 41.1 Å². The molecule has 4 nitrogen and oxygen atoms in total. The lowest BCUT2D eigenvalue weighted by Crippen LogP contribution is -2.20. The van der Waals surface area contributed by atoms with Gasteiger partial charge in [0, 0.05) is 23.5 Å². The monoisotopic (exact) mass is 355 g/mol. The topological polar surface area (TPSA) is 46.9 Å². The molecule has 0 spiro atoms. The number of amides is 1. The summed E-state index contributed by atoms with van der Waals surface area (Å²) < 4.78 is 1.92. The summed E-state index contributed by atoms with van der Waals surface area (Å²) in [6.07, 6.45) is 6.89. The number of nitrogens with zero attached hydrogens (tertiary/aromatic N) is 2. The number of aromatic nitrogens is 2. The molecule has 0 saturated heterocycles. The van der Waals surface area contributed by atoms with E-state index < -0.39 is 0 Å². The van der Waals surface area contributed by atoms with Crippen molar-refractivity contribution in [1.29, 1.82) is 0 Å². The van der Waals surface area contributed by atoms with Gasteiger partial charge in [0.05, 0.1) is 11.4 Å². The quantitative estimate of drug-likeness (QED) is 0.854. The largest absolute Gasteiger partial charge is 0.310 e. The van der Waals surface area contributed by atoms with Crippen LogP contribution >= 0.6 is 11.8 Å². The number of rotatable bonds is 4. The van der Waals surface area contributed by atoms with Crippen LogP contribution in [0.5, 0.6) is 0 Å². The van der Waals surface area contributed by atoms with E-state index in [1.807, 2.05) is 16.4 Å². The second kappa shape index (κ2) is 7.24. The Bertz CT molecular complexity index is 760. The molecule has 1 aliphatic heterocycles. The molecule has 1 fully saturated rings. The molecule has 2 heterocycles. The Morgan fingerprint density at radius 3 is 2.72 bits per heavy atom. The molecular formula is C20H25N3OS. The fourth-order valence-electron chi connectivity index (χ4n) is 3.85. The van der Waals surface area contributed by atoms with Crippen LogP contribution in [-0.4, -0.2) is 15.7 Å². The summed E-state index contributed by atoms with van der Waals surface area (Å²) >= 11 is 1.87. The second-order valence-corrected chi connectivity index (χ2v) is 8.26. The van der Waals surface area contributed by atoms with Crippen LogP contribution in [0.1, 0.15) is 55.3 Å². The molecule has 1 amide bonds. The highest BCUT2D eigenvalue weighted by molar-refractivity contribution is 7.98. The standard InChI is InChI=1S/C20H25N3OS/c1-14-7-9-16(10-8-14)23-20(17-12-25-13-18(17)22-23)21-19(24)11-15-5-3-2-4-6-15/h7-10,15H,2-6,11-13H2,1H3,(H,21,24). The van der Waals surface area contributed by atoms with Crippen LogP contribution in [0.3, 0.4) is 0 Å². The summed E-state index contributed by atoms with van der Waals surface area (Å²) in [5, 5.41) is 7.97. The molecule has 132 valence electrons. The summed E-state index contributed by atoms with van der Waals surface area (Å²) in [5.74, 6) is 3.43. The van der Waals surface area contributed by atoms with Gasteiger partial charge in [0.2, 0.25) is 5.91 Å². The molecule has 2 aliphatic rings. The number of hydrogen-bond acceptors (Lipinski definition) is 3. The number of aryl methyl sites for hydroxylation is 1. The zero-order chi connectivity index (χ0) is 17.2. The molecule has 1 N–H and O–H groups in total. The smallest absolute Gasteiger partial charge is 0.225 e. The van der Waals surface area contributed by atoms with Crippen LogP contribution in [0.2, 0.25) is 0 Å². The van der Waals surface area contributed by atoms with Gasteiger partial charge >= 0.3 is 0 Å². The maximum atomic E-state index is 12.7. The first-order valence-corrected chi connectivity index (χ1v) is 10.4. The Balaban J connectivity index is 1.57. The molecule has 0 bridgehead atoms. The molecule has 1 aromatic carbocycles. The van der Waals surface area contributed by atoms with Gasteiger partial charge in [-0.05, 0) is 37.8 Å². The van der Waals surface area contributed by atoms with Crippen molar-refractivity contribution < 1.29 is 4.79 Å². The van der Waals surface area contributed by atoms with Gasteiger partial charge in [-0.15, -0.1) is 0 Å². The van der Waals surface area contributed by atoms with Crippen molar-refractivity contribution in [2.75, 3.05) is 5.32 Å². The van der Waals surface area contributed by atoms with Crippen LogP contribution in [0, 0.1) is 12.8 Å². The lowest BCUT2D eigenvalue weighted by atomic mass is 9.87. The van der Waals surface area contributed by atoms with E-state index in [9.17, 15) is 4.79 Å². The third-order valence-corrected chi connectivity index (χ3v) is 6.26. The highest BCUT2D eigenvalue weighted by atomic mass is 32.2. The average molecular weight is 356 g/mol. The molecule has 0 radical (unpaired) electrons. The van der Waals surface area contributed by atoms with Gasteiger partial charge in [-0.1, -0.05) is 37.0 Å². The van der Waals surface area contributed by atoms with E-state index in [4.69, 9.17) is 5.10 Å². The summed E-state index contributed by atoms with van der Waals surface area (Å²) in [6.45, 7) is 2.08. The zero-order valence-electron chi connectivity index (χ0n) is 14.8. The normalized spacial score (nSPS) is 17.5. The van der Waals surface area contributed by atoms with E-state index in [1.54, 1.807) is 0 Å². The molecule has 1 aromatic heterocycles.